The third kappa shape index (κ3) is 2.69. The highest BCUT2D eigenvalue weighted by molar-refractivity contribution is 7.11. The van der Waals surface area contributed by atoms with Gasteiger partial charge in [0.05, 0.1) is 18.3 Å². The van der Waals surface area contributed by atoms with Gasteiger partial charge in [-0.1, -0.05) is 0 Å². The van der Waals surface area contributed by atoms with Crippen LogP contribution in [0.1, 0.15) is 33.9 Å². The van der Waals surface area contributed by atoms with E-state index in [-0.39, 0.29) is 0 Å². The maximum atomic E-state index is 4.60. The zero-order chi connectivity index (χ0) is 13.4. The Morgan fingerprint density at radius 1 is 1.32 bits per heavy atom. The first-order valence-corrected chi connectivity index (χ1v) is 7.47. The first-order valence-electron chi connectivity index (χ1n) is 6.66. The van der Waals surface area contributed by atoms with Crippen molar-refractivity contribution in [2.24, 2.45) is 0 Å². The molecule has 0 unspecified atom stereocenters. The van der Waals surface area contributed by atoms with Gasteiger partial charge in [0.1, 0.15) is 10.0 Å². The van der Waals surface area contributed by atoms with E-state index in [1.54, 1.807) is 11.3 Å². The summed E-state index contributed by atoms with van der Waals surface area (Å²) in [6.45, 7) is 9.28. The average Bonchev–Trinajstić information content (AvgIpc) is 3.02. The fourth-order valence-corrected chi connectivity index (χ4v) is 3.52. The van der Waals surface area contributed by atoms with Crippen LogP contribution >= 0.6 is 11.3 Å². The number of nitrogens with zero attached hydrogens (tertiary/aromatic N) is 5. The van der Waals surface area contributed by atoms with Crippen molar-refractivity contribution >= 4 is 11.3 Å². The van der Waals surface area contributed by atoms with Crippen LogP contribution in [0.2, 0.25) is 0 Å². The van der Waals surface area contributed by atoms with E-state index in [9.17, 15) is 0 Å². The van der Waals surface area contributed by atoms with Gasteiger partial charge in [-0.25, -0.2) is 0 Å². The molecule has 0 N–H and O–H groups in total. The summed E-state index contributed by atoms with van der Waals surface area (Å²) in [5.74, 6) is 0. The highest BCUT2D eigenvalue weighted by atomic mass is 32.1. The molecular formula is C13H19N5S. The van der Waals surface area contributed by atoms with Gasteiger partial charge in [0, 0.05) is 18.8 Å². The second-order valence-corrected chi connectivity index (χ2v) is 6.53. The minimum atomic E-state index is 0.503. The average molecular weight is 277 g/mol. The molecule has 2 aromatic heterocycles. The van der Waals surface area contributed by atoms with E-state index in [0.717, 1.165) is 35.3 Å². The van der Waals surface area contributed by atoms with E-state index in [0.29, 0.717) is 6.04 Å². The summed E-state index contributed by atoms with van der Waals surface area (Å²) in [7, 11) is 0. The number of aryl methyl sites for hydroxylation is 3. The predicted molar refractivity (Wildman–Crippen MR) is 75.3 cm³/mol. The molecule has 2 aromatic rings. The number of likely N-dealkylation sites (tertiary alicyclic amines) is 1. The van der Waals surface area contributed by atoms with Crippen molar-refractivity contribution < 1.29 is 0 Å². The molecule has 0 radical (unpaired) electrons. The molecule has 3 heterocycles. The minimum absolute atomic E-state index is 0.503. The van der Waals surface area contributed by atoms with Gasteiger partial charge in [0.15, 0.2) is 0 Å². The Kier molecular flexibility index (Phi) is 3.36. The zero-order valence-corrected chi connectivity index (χ0v) is 12.4. The summed E-state index contributed by atoms with van der Waals surface area (Å²) in [6.07, 6.45) is 1.17. The van der Waals surface area contributed by atoms with E-state index in [1.807, 2.05) is 6.92 Å². The number of hydrogen-bond acceptors (Lipinski definition) is 5. The van der Waals surface area contributed by atoms with Crippen LogP contribution in [0.15, 0.2) is 6.07 Å². The standard InChI is InChI=1S/C13H19N5S/c1-9-6-10(2)18(16-9)12-4-5-17(7-12)8-13-15-14-11(3)19-13/h6,12H,4-5,7-8H2,1-3H3/t12-/m1/s1. The second-order valence-electron chi connectivity index (χ2n) is 5.26. The van der Waals surface area contributed by atoms with Gasteiger partial charge in [-0.15, -0.1) is 21.5 Å². The predicted octanol–water partition coefficient (Wildman–Crippen LogP) is 2.11. The maximum absolute atomic E-state index is 4.60. The second kappa shape index (κ2) is 5.02. The molecule has 0 aromatic carbocycles. The first-order chi connectivity index (χ1) is 9.11. The van der Waals surface area contributed by atoms with Crippen molar-refractivity contribution in [2.45, 2.75) is 39.8 Å². The van der Waals surface area contributed by atoms with Gasteiger partial charge in [-0.2, -0.15) is 5.10 Å². The lowest BCUT2D eigenvalue weighted by Crippen LogP contribution is -2.22. The molecule has 1 fully saturated rings. The van der Waals surface area contributed by atoms with Crippen LogP contribution in [0.4, 0.5) is 0 Å². The van der Waals surface area contributed by atoms with Gasteiger partial charge in [-0.3, -0.25) is 9.58 Å². The Morgan fingerprint density at radius 2 is 2.16 bits per heavy atom. The SMILES string of the molecule is Cc1cc(C)n([C@@H]2CCN(Cc3nnc(C)s3)C2)n1. The summed E-state index contributed by atoms with van der Waals surface area (Å²) >= 11 is 1.69. The largest absolute Gasteiger partial charge is 0.294 e. The molecule has 1 saturated heterocycles. The molecular weight excluding hydrogens is 258 g/mol. The molecule has 0 amide bonds. The van der Waals surface area contributed by atoms with Gasteiger partial charge >= 0.3 is 0 Å². The molecule has 1 aliphatic rings. The Hall–Kier alpha value is -1.27. The van der Waals surface area contributed by atoms with Crippen LogP contribution in [0, 0.1) is 20.8 Å². The van der Waals surface area contributed by atoms with Crippen LogP contribution in [-0.4, -0.2) is 38.0 Å². The van der Waals surface area contributed by atoms with E-state index in [4.69, 9.17) is 0 Å². The lowest BCUT2D eigenvalue weighted by molar-refractivity contribution is 0.309. The highest BCUT2D eigenvalue weighted by Gasteiger charge is 2.26. The summed E-state index contributed by atoms with van der Waals surface area (Å²) < 4.78 is 2.18. The van der Waals surface area contributed by atoms with Crippen LogP contribution in [-0.2, 0) is 6.54 Å². The zero-order valence-electron chi connectivity index (χ0n) is 11.6. The molecule has 5 nitrogen and oxygen atoms in total. The Labute approximate surface area is 117 Å². The van der Waals surface area contributed by atoms with Crippen molar-refractivity contribution in [1.82, 2.24) is 24.9 Å². The van der Waals surface area contributed by atoms with Crippen molar-refractivity contribution in [2.75, 3.05) is 13.1 Å². The Bertz CT molecular complexity index is 573. The number of rotatable bonds is 3. The van der Waals surface area contributed by atoms with Crippen LogP contribution in [0.3, 0.4) is 0 Å². The molecule has 0 saturated carbocycles. The molecule has 102 valence electrons. The van der Waals surface area contributed by atoms with Crippen molar-refractivity contribution in [3.8, 4) is 0 Å². The topological polar surface area (TPSA) is 46.8 Å². The van der Waals surface area contributed by atoms with Crippen LogP contribution in [0.25, 0.3) is 0 Å². The fourth-order valence-electron chi connectivity index (χ4n) is 2.76. The Morgan fingerprint density at radius 3 is 2.79 bits per heavy atom. The smallest absolute Gasteiger partial charge is 0.131 e. The van der Waals surface area contributed by atoms with E-state index in [2.05, 4.69) is 44.8 Å². The third-order valence-electron chi connectivity index (χ3n) is 3.56. The van der Waals surface area contributed by atoms with Gasteiger partial charge in [0.25, 0.3) is 0 Å². The summed E-state index contributed by atoms with van der Waals surface area (Å²) in [5.41, 5.74) is 2.37. The molecule has 0 bridgehead atoms. The quantitative estimate of drug-likeness (QED) is 0.862. The monoisotopic (exact) mass is 277 g/mol. The summed E-state index contributed by atoms with van der Waals surface area (Å²) in [6, 6.07) is 2.65. The lowest BCUT2D eigenvalue weighted by atomic mass is 10.2. The van der Waals surface area contributed by atoms with Gasteiger partial charge < -0.3 is 0 Å². The van der Waals surface area contributed by atoms with Crippen LogP contribution < -0.4 is 0 Å². The molecule has 1 aliphatic heterocycles. The number of aromatic nitrogens is 4. The molecule has 0 aliphatic carbocycles. The fraction of sp³-hybridized carbons (Fsp3) is 0.615. The third-order valence-corrected chi connectivity index (χ3v) is 4.39. The number of hydrogen-bond donors (Lipinski definition) is 0. The van der Waals surface area contributed by atoms with E-state index < -0.39 is 0 Å². The molecule has 19 heavy (non-hydrogen) atoms. The normalized spacial score (nSPS) is 20.3. The van der Waals surface area contributed by atoms with E-state index in [1.165, 1.54) is 12.1 Å². The first kappa shape index (κ1) is 12.7. The lowest BCUT2D eigenvalue weighted by Gasteiger charge is -2.15. The van der Waals surface area contributed by atoms with Gasteiger partial charge in [0.2, 0.25) is 0 Å². The Balaban J connectivity index is 1.65. The summed E-state index contributed by atoms with van der Waals surface area (Å²) in [4.78, 5) is 2.45. The van der Waals surface area contributed by atoms with Crippen molar-refractivity contribution in [3.63, 3.8) is 0 Å². The molecule has 0 spiro atoms. The molecule has 6 heteroatoms. The van der Waals surface area contributed by atoms with E-state index >= 15 is 0 Å². The maximum Gasteiger partial charge on any atom is 0.131 e. The minimum Gasteiger partial charge on any atom is -0.294 e. The summed E-state index contributed by atoms with van der Waals surface area (Å²) in [5, 5.41) is 15.0. The van der Waals surface area contributed by atoms with Gasteiger partial charge in [-0.05, 0) is 33.3 Å². The van der Waals surface area contributed by atoms with Crippen molar-refractivity contribution in [3.05, 3.63) is 27.5 Å². The molecule has 3 rings (SSSR count). The highest BCUT2D eigenvalue weighted by Crippen LogP contribution is 2.24. The molecule has 1 atom stereocenters. The van der Waals surface area contributed by atoms with Crippen LogP contribution in [0.5, 0.6) is 0 Å². The van der Waals surface area contributed by atoms with Crippen molar-refractivity contribution in [1.29, 1.82) is 0 Å².